The molecule has 0 spiro atoms. The molecule has 5 nitrogen and oxygen atoms in total. The van der Waals surface area contributed by atoms with Crippen LogP contribution in [0, 0.1) is 5.82 Å². The second-order valence-corrected chi connectivity index (χ2v) is 5.20. The van der Waals surface area contributed by atoms with Gasteiger partial charge in [-0.3, -0.25) is 4.79 Å². The third-order valence-electron chi connectivity index (χ3n) is 3.45. The molecule has 1 aromatic carbocycles. The maximum absolute atomic E-state index is 13.5. The van der Waals surface area contributed by atoms with Gasteiger partial charge in [-0.2, -0.15) is 0 Å². The molecule has 2 atom stereocenters. The highest BCUT2D eigenvalue weighted by molar-refractivity contribution is 6.36. The predicted octanol–water partition coefficient (Wildman–Crippen LogP) is 2.48. The Bertz CT molecular complexity index is 848. The maximum atomic E-state index is 13.5. The number of phenolic OH excluding ortho intramolecular Hbond substituents is 1. The van der Waals surface area contributed by atoms with Crippen LogP contribution in [0.5, 0.6) is 5.75 Å². The quantitative estimate of drug-likeness (QED) is 0.892. The van der Waals surface area contributed by atoms with Gasteiger partial charge in [0.15, 0.2) is 11.6 Å². The number of rotatable bonds is 2. The van der Waals surface area contributed by atoms with Gasteiger partial charge in [-0.25, -0.2) is 13.6 Å². The summed E-state index contributed by atoms with van der Waals surface area (Å²) in [7, 11) is 0. The Balaban J connectivity index is 2.49. The van der Waals surface area contributed by atoms with Gasteiger partial charge in [-0.05, 0) is 6.07 Å². The second kappa shape index (κ2) is 4.42. The van der Waals surface area contributed by atoms with E-state index in [2.05, 4.69) is 0 Å². The van der Waals surface area contributed by atoms with E-state index >= 15 is 0 Å². The fourth-order valence-corrected chi connectivity index (χ4v) is 2.58. The fourth-order valence-electron chi connectivity index (χ4n) is 2.29. The normalized spacial score (nSPS) is 20.7. The topological polar surface area (TPSA) is 79.5 Å². The van der Waals surface area contributed by atoms with E-state index in [0.717, 1.165) is 6.20 Å². The number of carboxylic acid groups (broad SMARTS) is 1. The molecule has 2 N–H and O–H groups in total. The molecule has 1 heterocycles. The van der Waals surface area contributed by atoms with Crippen molar-refractivity contribution >= 4 is 28.5 Å². The van der Waals surface area contributed by atoms with Gasteiger partial charge in [-0.15, -0.1) is 0 Å². The lowest BCUT2D eigenvalue weighted by atomic mass is 10.1. The first-order valence-electron chi connectivity index (χ1n) is 5.96. The Hall–Kier alpha value is -2.15. The monoisotopic (exact) mass is 315 g/mol. The lowest BCUT2D eigenvalue weighted by molar-refractivity contribution is 0.0694. The Morgan fingerprint density at radius 2 is 2.10 bits per heavy atom. The summed E-state index contributed by atoms with van der Waals surface area (Å²) in [5.74, 6) is -3.51. The summed E-state index contributed by atoms with van der Waals surface area (Å²) >= 11 is 5.84. The smallest absolute Gasteiger partial charge is 0.341 e. The predicted molar refractivity (Wildman–Crippen MR) is 70.4 cm³/mol. The molecule has 0 amide bonds. The molecule has 1 aromatic heterocycles. The zero-order valence-corrected chi connectivity index (χ0v) is 11.1. The number of halogens is 3. The summed E-state index contributed by atoms with van der Waals surface area (Å²) in [6, 6.07) is 0.0193. The Labute approximate surface area is 121 Å². The van der Waals surface area contributed by atoms with Crippen LogP contribution in [-0.4, -0.2) is 26.9 Å². The van der Waals surface area contributed by atoms with E-state index in [1.54, 1.807) is 0 Å². The average Bonchev–Trinajstić information content (AvgIpc) is 3.14. The molecule has 1 fully saturated rings. The Morgan fingerprint density at radius 1 is 1.48 bits per heavy atom. The first-order valence-corrected chi connectivity index (χ1v) is 6.34. The Kier molecular flexibility index (Phi) is 2.91. The summed E-state index contributed by atoms with van der Waals surface area (Å²) in [5, 5.41) is 17.8. The molecular weight excluding hydrogens is 308 g/mol. The molecular formula is C13H8ClF2NO4. The molecule has 110 valence electrons. The van der Waals surface area contributed by atoms with Crippen molar-refractivity contribution in [2.75, 3.05) is 0 Å². The van der Waals surface area contributed by atoms with Gasteiger partial charge in [0.05, 0.1) is 16.9 Å². The minimum Gasteiger partial charge on any atom is -0.504 e. The number of hydrogen-bond donors (Lipinski definition) is 2. The number of aromatic hydroxyl groups is 1. The highest BCUT2D eigenvalue weighted by Gasteiger charge is 2.40. The number of fused-ring (bicyclic) bond motifs is 1. The number of carbonyl (C=O) groups is 1. The van der Waals surface area contributed by atoms with E-state index < -0.39 is 45.8 Å². The molecule has 0 saturated heterocycles. The molecule has 0 aliphatic heterocycles. The van der Waals surface area contributed by atoms with Crippen LogP contribution >= 0.6 is 11.6 Å². The van der Waals surface area contributed by atoms with Gasteiger partial charge in [0.2, 0.25) is 5.43 Å². The molecule has 0 unspecified atom stereocenters. The summed E-state index contributed by atoms with van der Waals surface area (Å²) in [6.45, 7) is 0. The van der Waals surface area contributed by atoms with Gasteiger partial charge >= 0.3 is 5.97 Å². The highest BCUT2D eigenvalue weighted by Crippen LogP contribution is 2.43. The number of alkyl halides is 1. The maximum Gasteiger partial charge on any atom is 0.341 e. The van der Waals surface area contributed by atoms with Crippen LogP contribution in [0.15, 0.2) is 17.1 Å². The summed E-state index contributed by atoms with van der Waals surface area (Å²) in [4.78, 5) is 23.2. The summed E-state index contributed by atoms with van der Waals surface area (Å²) in [5.41, 5.74) is -1.62. The van der Waals surface area contributed by atoms with Gasteiger partial charge in [0.25, 0.3) is 0 Å². The lowest BCUT2D eigenvalue weighted by Gasteiger charge is -2.13. The molecule has 1 aliphatic carbocycles. The minimum absolute atomic E-state index is 0.0734. The van der Waals surface area contributed by atoms with Crippen molar-refractivity contribution in [1.82, 2.24) is 4.57 Å². The van der Waals surface area contributed by atoms with E-state index in [1.165, 1.54) is 4.57 Å². The van der Waals surface area contributed by atoms with E-state index in [-0.39, 0.29) is 17.3 Å². The number of pyridine rings is 1. The van der Waals surface area contributed by atoms with Crippen molar-refractivity contribution < 1.29 is 23.8 Å². The van der Waals surface area contributed by atoms with Gasteiger partial charge < -0.3 is 14.8 Å². The number of phenols is 1. The molecule has 2 aromatic rings. The third kappa shape index (κ3) is 1.96. The molecule has 1 aliphatic rings. The van der Waals surface area contributed by atoms with Crippen LogP contribution in [0.25, 0.3) is 10.9 Å². The van der Waals surface area contributed by atoms with Crippen LogP contribution in [0.3, 0.4) is 0 Å². The van der Waals surface area contributed by atoms with Crippen molar-refractivity contribution in [2.24, 2.45) is 0 Å². The fraction of sp³-hybridized carbons (Fsp3) is 0.231. The highest BCUT2D eigenvalue weighted by atomic mass is 35.5. The number of nitrogens with zero attached hydrogens (tertiary/aromatic N) is 1. The third-order valence-corrected chi connectivity index (χ3v) is 3.81. The molecule has 1 saturated carbocycles. The zero-order chi connectivity index (χ0) is 15.5. The van der Waals surface area contributed by atoms with E-state index in [4.69, 9.17) is 16.7 Å². The number of hydrogen-bond acceptors (Lipinski definition) is 3. The second-order valence-electron chi connectivity index (χ2n) is 4.82. The van der Waals surface area contributed by atoms with E-state index in [0.29, 0.717) is 6.07 Å². The first kappa shape index (κ1) is 13.8. The van der Waals surface area contributed by atoms with Crippen LogP contribution in [0.2, 0.25) is 5.02 Å². The van der Waals surface area contributed by atoms with Crippen LogP contribution < -0.4 is 5.43 Å². The molecule has 8 heteroatoms. The Morgan fingerprint density at radius 3 is 2.62 bits per heavy atom. The van der Waals surface area contributed by atoms with Crippen LogP contribution in [0.1, 0.15) is 22.8 Å². The number of aromatic carboxylic acids is 1. The van der Waals surface area contributed by atoms with Crippen LogP contribution in [0.4, 0.5) is 8.78 Å². The first-order chi connectivity index (χ1) is 9.82. The number of aromatic nitrogens is 1. The summed E-state index contributed by atoms with van der Waals surface area (Å²) in [6.07, 6.45) is -0.105. The summed E-state index contributed by atoms with van der Waals surface area (Å²) < 4.78 is 28.0. The minimum atomic E-state index is -1.50. The molecule has 0 radical (unpaired) electrons. The molecule has 3 rings (SSSR count). The van der Waals surface area contributed by atoms with Gasteiger partial charge in [0.1, 0.15) is 16.8 Å². The lowest BCUT2D eigenvalue weighted by Crippen LogP contribution is -2.19. The van der Waals surface area contributed by atoms with Crippen molar-refractivity contribution in [1.29, 1.82) is 0 Å². The SMILES string of the molecule is O=C(O)c1cn([C@@H]2C[C@@H]2F)c2c(Cl)c(O)c(F)cc2c1=O. The van der Waals surface area contributed by atoms with Crippen molar-refractivity contribution in [2.45, 2.75) is 18.6 Å². The largest absolute Gasteiger partial charge is 0.504 e. The van der Waals surface area contributed by atoms with Crippen LogP contribution in [-0.2, 0) is 0 Å². The number of benzene rings is 1. The standard InChI is InChI=1S/C13H8ClF2NO4/c14-9-10-4(1-7(16)12(9)19)11(18)5(13(20)21)3-17(10)8-2-6(8)15/h1,3,6,8,19H,2H2,(H,20,21)/t6-,8+/m0/s1. The molecule has 0 bridgehead atoms. The number of carboxylic acids is 1. The van der Waals surface area contributed by atoms with E-state index in [9.17, 15) is 23.5 Å². The van der Waals surface area contributed by atoms with Gasteiger partial charge in [0, 0.05) is 12.6 Å². The van der Waals surface area contributed by atoms with Crippen molar-refractivity contribution in [3.63, 3.8) is 0 Å². The average molecular weight is 316 g/mol. The molecule has 21 heavy (non-hydrogen) atoms. The van der Waals surface area contributed by atoms with E-state index in [1.807, 2.05) is 0 Å². The van der Waals surface area contributed by atoms with Crippen molar-refractivity contribution in [3.05, 3.63) is 38.9 Å². The van der Waals surface area contributed by atoms with Crippen molar-refractivity contribution in [3.8, 4) is 5.75 Å². The van der Waals surface area contributed by atoms with Gasteiger partial charge in [-0.1, -0.05) is 11.6 Å². The zero-order valence-electron chi connectivity index (χ0n) is 10.3.